The Labute approximate surface area is 80.9 Å². The molecule has 0 amide bonds. The largest absolute Gasteiger partial charge is 0.156 e. The highest BCUT2D eigenvalue weighted by atomic mass is 28.3. The predicted octanol–water partition coefficient (Wildman–Crippen LogP) is 2.52. The van der Waals surface area contributed by atoms with Crippen LogP contribution in [0.15, 0.2) is 67.2 Å². The van der Waals surface area contributed by atoms with Crippen LogP contribution in [0.2, 0.25) is 0 Å². The molecule has 1 rings (SSSR count). The SMILES string of the molecule is C=C[Si](C=C)(C=C)c1ccccc1. The molecule has 0 spiro atoms. The fraction of sp³-hybridized carbons (Fsp3) is 0. The van der Waals surface area contributed by atoms with Gasteiger partial charge in [-0.05, 0) is 5.19 Å². The molecule has 0 aliphatic heterocycles. The summed E-state index contributed by atoms with van der Waals surface area (Å²) in [5.41, 5.74) is 5.97. The standard InChI is InChI=1S/C12H14Si/c1-4-13(5-2,6-3)12-10-8-7-9-11-12/h4-11H,1-3H2. The normalized spacial score (nSPS) is 10.5. The third-order valence-electron chi connectivity index (χ3n) is 2.29. The van der Waals surface area contributed by atoms with E-state index in [1.54, 1.807) is 0 Å². The summed E-state index contributed by atoms with van der Waals surface area (Å²) in [6.45, 7) is 11.6. The zero-order chi connectivity index (χ0) is 9.73. The van der Waals surface area contributed by atoms with Gasteiger partial charge in [-0.3, -0.25) is 0 Å². The van der Waals surface area contributed by atoms with Crippen LogP contribution in [0.1, 0.15) is 0 Å². The van der Waals surface area contributed by atoms with Gasteiger partial charge in [0.1, 0.15) is 0 Å². The lowest BCUT2D eigenvalue weighted by Gasteiger charge is -2.19. The van der Waals surface area contributed by atoms with Crippen LogP contribution >= 0.6 is 0 Å². The van der Waals surface area contributed by atoms with E-state index in [0.717, 1.165) is 0 Å². The molecule has 0 unspecified atom stereocenters. The third-order valence-corrected chi connectivity index (χ3v) is 5.65. The van der Waals surface area contributed by atoms with Gasteiger partial charge in [-0.2, -0.15) is 0 Å². The van der Waals surface area contributed by atoms with Crippen LogP contribution in [0.3, 0.4) is 0 Å². The van der Waals surface area contributed by atoms with Crippen LogP contribution < -0.4 is 5.19 Å². The van der Waals surface area contributed by atoms with Gasteiger partial charge in [0.15, 0.2) is 8.07 Å². The highest BCUT2D eigenvalue weighted by Crippen LogP contribution is 2.07. The van der Waals surface area contributed by atoms with Crippen LogP contribution in [0.5, 0.6) is 0 Å². The molecule has 66 valence electrons. The van der Waals surface area contributed by atoms with Crippen LogP contribution in [0.25, 0.3) is 0 Å². The quantitative estimate of drug-likeness (QED) is 0.634. The van der Waals surface area contributed by atoms with E-state index in [1.165, 1.54) is 5.19 Å². The van der Waals surface area contributed by atoms with Crippen molar-refractivity contribution in [1.29, 1.82) is 0 Å². The average molecular weight is 186 g/mol. The highest BCUT2D eigenvalue weighted by molar-refractivity contribution is 7.03. The van der Waals surface area contributed by atoms with Crippen LogP contribution in [0.4, 0.5) is 0 Å². The average Bonchev–Trinajstić information content (AvgIpc) is 2.23. The maximum Gasteiger partial charge on any atom is 0.156 e. The van der Waals surface area contributed by atoms with Crippen LogP contribution in [-0.4, -0.2) is 8.07 Å². The van der Waals surface area contributed by atoms with Crippen molar-refractivity contribution < 1.29 is 0 Å². The summed E-state index contributed by atoms with van der Waals surface area (Å²) < 4.78 is 0. The molecule has 0 fully saturated rings. The van der Waals surface area contributed by atoms with E-state index in [1.807, 2.05) is 35.3 Å². The Morgan fingerprint density at radius 3 is 1.69 bits per heavy atom. The van der Waals surface area contributed by atoms with E-state index < -0.39 is 8.07 Å². The summed E-state index contributed by atoms with van der Waals surface area (Å²) in [4.78, 5) is 0. The van der Waals surface area contributed by atoms with Gasteiger partial charge in [-0.15, -0.1) is 19.7 Å². The van der Waals surface area contributed by atoms with Gasteiger partial charge in [0.25, 0.3) is 0 Å². The van der Waals surface area contributed by atoms with Gasteiger partial charge in [0.2, 0.25) is 0 Å². The van der Waals surface area contributed by atoms with Gasteiger partial charge >= 0.3 is 0 Å². The summed E-state index contributed by atoms with van der Waals surface area (Å²) in [6.07, 6.45) is 0. The molecule has 0 aliphatic carbocycles. The van der Waals surface area contributed by atoms with E-state index in [-0.39, 0.29) is 0 Å². The summed E-state index contributed by atoms with van der Waals surface area (Å²) in [5.74, 6) is 0. The molecule has 1 aromatic rings. The fourth-order valence-electron chi connectivity index (χ4n) is 1.33. The van der Waals surface area contributed by atoms with Crippen molar-refractivity contribution in [1.82, 2.24) is 0 Å². The number of hydrogen-bond acceptors (Lipinski definition) is 0. The molecule has 13 heavy (non-hydrogen) atoms. The van der Waals surface area contributed by atoms with E-state index >= 15 is 0 Å². The zero-order valence-corrected chi connectivity index (χ0v) is 8.74. The van der Waals surface area contributed by atoms with Gasteiger partial charge in [0, 0.05) is 0 Å². The van der Waals surface area contributed by atoms with Crippen molar-refractivity contribution in [3.63, 3.8) is 0 Å². The summed E-state index contributed by atoms with van der Waals surface area (Å²) in [6, 6.07) is 10.3. The Kier molecular flexibility index (Phi) is 3.04. The second-order valence-corrected chi connectivity index (χ2v) is 6.58. The Morgan fingerprint density at radius 2 is 1.31 bits per heavy atom. The Bertz CT molecular complexity index is 289. The van der Waals surface area contributed by atoms with Crippen molar-refractivity contribution in [2.75, 3.05) is 0 Å². The first-order valence-electron chi connectivity index (χ1n) is 4.25. The van der Waals surface area contributed by atoms with Crippen LogP contribution in [-0.2, 0) is 0 Å². The van der Waals surface area contributed by atoms with Crippen molar-refractivity contribution in [2.24, 2.45) is 0 Å². The molecule has 1 aromatic carbocycles. The number of benzene rings is 1. The molecule has 0 saturated heterocycles. The molecule has 0 atom stereocenters. The molecule has 0 bridgehead atoms. The molecule has 0 aliphatic rings. The topological polar surface area (TPSA) is 0 Å². The fourth-order valence-corrected chi connectivity index (χ4v) is 3.31. The monoisotopic (exact) mass is 186 g/mol. The predicted molar refractivity (Wildman–Crippen MR) is 62.4 cm³/mol. The van der Waals surface area contributed by atoms with Gasteiger partial charge in [-0.1, -0.05) is 47.4 Å². The maximum absolute atomic E-state index is 3.87. The van der Waals surface area contributed by atoms with Crippen LogP contribution in [0, 0.1) is 0 Å². The molecular formula is C12H14Si. The summed E-state index contributed by atoms with van der Waals surface area (Å²) in [5, 5.41) is 1.29. The number of rotatable bonds is 4. The highest BCUT2D eigenvalue weighted by Gasteiger charge is 2.23. The Morgan fingerprint density at radius 1 is 0.846 bits per heavy atom. The smallest absolute Gasteiger partial charge is 0.106 e. The molecular weight excluding hydrogens is 172 g/mol. The van der Waals surface area contributed by atoms with E-state index in [4.69, 9.17) is 0 Å². The molecule has 0 heterocycles. The van der Waals surface area contributed by atoms with E-state index in [9.17, 15) is 0 Å². The Hall–Kier alpha value is -1.34. The molecule has 0 nitrogen and oxygen atoms in total. The van der Waals surface area contributed by atoms with Crippen molar-refractivity contribution in [3.05, 3.63) is 67.2 Å². The summed E-state index contributed by atoms with van der Waals surface area (Å²) in [7, 11) is -1.80. The van der Waals surface area contributed by atoms with Crippen molar-refractivity contribution in [3.8, 4) is 0 Å². The lowest BCUT2D eigenvalue weighted by atomic mass is 10.4. The van der Waals surface area contributed by atoms with Crippen molar-refractivity contribution >= 4 is 13.3 Å². The molecule has 0 aromatic heterocycles. The van der Waals surface area contributed by atoms with Gasteiger partial charge < -0.3 is 0 Å². The lowest BCUT2D eigenvalue weighted by Crippen LogP contribution is -2.42. The van der Waals surface area contributed by atoms with E-state index in [2.05, 4.69) is 31.9 Å². The molecule has 0 saturated carbocycles. The molecule has 0 N–H and O–H groups in total. The number of hydrogen-bond donors (Lipinski definition) is 0. The Balaban J connectivity index is 3.23. The zero-order valence-electron chi connectivity index (χ0n) is 7.74. The van der Waals surface area contributed by atoms with E-state index in [0.29, 0.717) is 0 Å². The minimum absolute atomic E-state index is 1.29. The minimum Gasteiger partial charge on any atom is -0.106 e. The summed E-state index contributed by atoms with van der Waals surface area (Å²) >= 11 is 0. The van der Waals surface area contributed by atoms with Gasteiger partial charge in [0.05, 0.1) is 0 Å². The third kappa shape index (κ3) is 1.70. The van der Waals surface area contributed by atoms with Crippen molar-refractivity contribution in [2.45, 2.75) is 0 Å². The second-order valence-electron chi connectivity index (χ2n) is 2.91. The van der Waals surface area contributed by atoms with Gasteiger partial charge in [-0.25, -0.2) is 0 Å². The first-order valence-corrected chi connectivity index (χ1v) is 6.48. The lowest BCUT2D eigenvalue weighted by molar-refractivity contribution is 1.75. The second kappa shape index (κ2) is 4.05. The molecule has 0 radical (unpaired) electrons. The first-order chi connectivity index (χ1) is 6.29. The maximum atomic E-state index is 3.87. The first kappa shape index (κ1) is 9.74. The minimum atomic E-state index is -1.80. The molecule has 1 heteroatoms.